The van der Waals surface area contributed by atoms with Crippen LogP contribution in [0.25, 0.3) is 10.2 Å². The van der Waals surface area contributed by atoms with Gasteiger partial charge in [-0.25, -0.2) is 4.98 Å². The van der Waals surface area contributed by atoms with Gasteiger partial charge in [0.25, 0.3) is 5.91 Å². The number of carbonyl (C=O) groups excluding carboxylic acids is 1. The highest BCUT2D eigenvalue weighted by molar-refractivity contribution is 7.22. The quantitative estimate of drug-likeness (QED) is 0.493. The summed E-state index contributed by atoms with van der Waals surface area (Å²) in [7, 11) is 4.07. The summed E-state index contributed by atoms with van der Waals surface area (Å²) < 4.78 is 0.987. The summed E-state index contributed by atoms with van der Waals surface area (Å²) in [6.07, 6.45) is 0.864. The third-order valence-electron chi connectivity index (χ3n) is 4.82. The zero-order valence-corrected chi connectivity index (χ0v) is 19.3. The Morgan fingerprint density at radius 1 is 1.07 bits per heavy atom. The number of anilines is 1. The lowest BCUT2D eigenvalue weighted by Crippen LogP contribution is -2.33. The summed E-state index contributed by atoms with van der Waals surface area (Å²) in [6.45, 7) is 8.01. The molecule has 0 atom stereocenters. The molecule has 154 valence electrons. The van der Waals surface area contributed by atoms with Gasteiger partial charge in [0.2, 0.25) is 0 Å². The standard InChI is InChI=1S/C23H28ClN3OS/c1-23(2,3)17-12-10-16(11-13-17)21(28)27(15-7-14-26(4)5)22-25-20-18(24)8-6-9-19(20)29-22/h6,8-13H,7,14-15H2,1-5H3. The molecule has 0 fully saturated rings. The highest BCUT2D eigenvalue weighted by Crippen LogP contribution is 2.33. The lowest BCUT2D eigenvalue weighted by molar-refractivity contribution is 0.0986. The van der Waals surface area contributed by atoms with E-state index in [4.69, 9.17) is 16.6 Å². The number of nitrogens with zero attached hydrogens (tertiary/aromatic N) is 3. The van der Waals surface area contributed by atoms with Crippen LogP contribution in [0.3, 0.4) is 0 Å². The molecule has 3 rings (SSSR count). The first kappa shape index (κ1) is 21.8. The molecule has 0 aliphatic heterocycles. The molecule has 0 bridgehead atoms. The average molecular weight is 430 g/mol. The summed E-state index contributed by atoms with van der Waals surface area (Å²) in [5.74, 6) is -0.0283. The van der Waals surface area contributed by atoms with Crippen LogP contribution < -0.4 is 4.90 Å². The van der Waals surface area contributed by atoms with Crippen molar-refractivity contribution in [2.75, 3.05) is 32.1 Å². The van der Waals surface area contributed by atoms with Crippen LogP contribution in [0.1, 0.15) is 43.1 Å². The minimum Gasteiger partial charge on any atom is -0.309 e. The Balaban J connectivity index is 1.93. The number of rotatable bonds is 6. The van der Waals surface area contributed by atoms with E-state index in [9.17, 15) is 4.79 Å². The van der Waals surface area contributed by atoms with E-state index in [0.29, 0.717) is 22.3 Å². The van der Waals surface area contributed by atoms with Gasteiger partial charge in [-0.05, 0) is 62.3 Å². The molecule has 0 saturated heterocycles. The van der Waals surface area contributed by atoms with Crippen molar-refractivity contribution in [3.63, 3.8) is 0 Å². The van der Waals surface area contributed by atoms with E-state index >= 15 is 0 Å². The second-order valence-electron chi connectivity index (χ2n) is 8.52. The molecule has 2 aromatic carbocycles. The predicted octanol–water partition coefficient (Wildman–Crippen LogP) is 5.85. The summed E-state index contributed by atoms with van der Waals surface area (Å²) in [5, 5.41) is 1.30. The smallest absolute Gasteiger partial charge is 0.260 e. The number of aromatic nitrogens is 1. The number of carbonyl (C=O) groups is 1. The molecule has 3 aromatic rings. The molecule has 1 aromatic heterocycles. The fourth-order valence-corrected chi connectivity index (χ4v) is 4.41. The van der Waals surface area contributed by atoms with E-state index in [2.05, 4.69) is 25.7 Å². The van der Waals surface area contributed by atoms with Crippen molar-refractivity contribution >= 4 is 44.2 Å². The Kier molecular flexibility index (Phi) is 6.62. The van der Waals surface area contributed by atoms with Crippen molar-refractivity contribution in [1.82, 2.24) is 9.88 Å². The third kappa shape index (κ3) is 5.16. The molecule has 0 aliphatic carbocycles. The van der Waals surface area contributed by atoms with Gasteiger partial charge in [-0.15, -0.1) is 0 Å². The number of benzene rings is 2. The summed E-state index contributed by atoms with van der Waals surface area (Å²) in [4.78, 5) is 22.0. The number of para-hydroxylation sites is 1. The molecule has 6 heteroatoms. The molecule has 4 nitrogen and oxygen atoms in total. The minimum absolute atomic E-state index is 0.0283. The van der Waals surface area contributed by atoms with Crippen molar-refractivity contribution in [3.05, 3.63) is 58.6 Å². The van der Waals surface area contributed by atoms with Gasteiger partial charge in [0.1, 0.15) is 5.52 Å². The van der Waals surface area contributed by atoms with Crippen LogP contribution in [0.5, 0.6) is 0 Å². The maximum atomic E-state index is 13.4. The highest BCUT2D eigenvalue weighted by Gasteiger charge is 2.22. The molecule has 29 heavy (non-hydrogen) atoms. The third-order valence-corrected chi connectivity index (χ3v) is 6.17. The number of hydrogen-bond donors (Lipinski definition) is 0. The molecule has 0 spiro atoms. The molecule has 1 heterocycles. The Morgan fingerprint density at radius 2 is 1.76 bits per heavy atom. The summed E-state index contributed by atoms with van der Waals surface area (Å²) in [6, 6.07) is 13.7. The van der Waals surface area contributed by atoms with Crippen molar-refractivity contribution < 1.29 is 4.79 Å². The summed E-state index contributed by atoms with van der Waals surface area (Å²) >= 11 is 7.82. The normalized spacial score (nSPS) is 12.0. The average Bonchev–Trinajstić information content (AvgIpc) is 3.09. The lowest BCUT2D eigenvalue weighted by atomic mass is 9.86. The van der Waals surface area contributed by atoms with E-state index in [0.717, 1.165) is 23.2 Å². The van der Waals surface area contributed by atoms with Gasteiger partial charge in [0.15, 0.2) is 5.13 Å². The molecular formula is C23H28ClN3OS. The van der Waals surface area contributed by atoms with Crippen LogP contribution in [0.2, 0.25) is 5.02 Å². The van der Waals surface area contributed by atoms with Crippen molar-refractivity contribution in [1.29, 1.82) is 0 Å². The SMILES string of the molecule is CN(C)CCCN(C(=O)c1ccc(C(C)(C)C)cc1)c1nc2c(Cl)cccc2s1. The minimum atomic E-state index is -0.0283. The van der Waals surface area contributed by atoms with Gasteiger partial charge in [-0.2, -0.15) is 0 Å². The second-order valence-corrected chi connectivity index (χ2v) is 9.94. The van der Waals surface area contributed by atoms with E-state index in [-0.39, 0.29) is 11.3 Å². The van der Waals surface area contributed by atoms with Crippen LogP contribution in [-0.4, -0.2) is 43.0 Å². The molecule has 0 aliphatic rings. The maximum Gasteiger partial charge on any atom is 0.260 e. The van der Waals surface area contributed by atoms with Crippen molar-refractivity contribution in [3.8, 4) is 0 Å². The predicted molar refractivity (Wildman–Crippen MR) is 125 cm³/mol. The zero-order valence-electron chi connectivity index (χ0n) is 17.7. The van der Waals surface area contributed by atoms with Crippen LogP contribution in [0.4, 0.5) is 5.13 Å². The molecule has 0 N–H and O–H groups in total. The monoisotopic (exact) mass is 429 g/mol. The first-order valence-electron chi connectivity index (χ1n) is 9.79. The Labute approximate surface area is 182 Å². The van der Waals surface area contributed by atoms with Gasteiger partial charge in [-0.1, -0.05) is 61.9 Å². The van der Waals surface area contributed by atoms with Gasteiger partial charge in [0, 0.05) is 12.1 Å². The number of amides is 1. The zero-order chi connectivity index (χ0) is 21.2. The Hall–Kier alpha value is -1.95. The van der Waals surface area contributed by atoms with Crippen molar-refractivity contribution in [2.24, 2.45) is 0 Å². The number of halogens is 1. The topological polar surface area (TPSA) is 36.4 Å². The highest BCUT2D eigenvalue weighted by atomic mass is 35.5. The Bertz CT molecular complexity index is 990. The van der Waals surface area contributed by atoms with E-state index in [1.807, 2.05) is 56.6 Å². The molecule has 0 unspecified atom stereocenters. The first-order chi connectivity index (χ1) is 13.7. The first-order valence-corrected chi connectivity index (χ1v) is 11.0. The number of thiazole rings is 1. The second kappa shape index (κ2) is 8.82. The molecule has 0 saturated carbocycles. The number of hydrogen-bond acceptors (Lipinski definition) is 4. The van der Waals surface area contributed by atoms with Gasteiger partial charge >= 0.3 is 0 Å². The fraction of sp³-hybridized carbons (Fsp3) is 0.391. The Morgan fingerprint density at radius 3 is 2.34 bits per heavy atom. The van der Waals surface area contributed by atoms with E-state index < -0.39 is 0 Å². The number of fused-ring (bicyclic) bond motifs is 1. The van der Waals surface area contributed by atoms with Gasteiger partial charge in [0.05, 0.1) is 9.72 Å². The van der Waals surface area contributed by atoms with Gasteiger partial charge in [-0.3, -0.25) is 9.69 Å². The van der Waals surface area contributed by atoms with Crippen LogP contribution in [0.15, 0.2) is 42.5 Å². The van der Waals surface area contributed by atoms with E-state index in [1.54, 1.807) is 4.90 Å². The molecular weight excluding hydrogens is 402 g/mol. The lowest BCUT2D eigenvalue weighted by Gasteiger charge is -2.22. The largest absolute Gasteiger partial charge is 0.309 e. The fourth-order valence-electron chi connectivity index (χ4n) is 3.12. The van der Waals surface area contributed by atoms with Crippen LogP contribution >= 0.6 is 22.9 Å². The van der Waals surface area contributed by atoms with E-state index in [1.165, 1.54) is 16.9 Å². The van der Waals surface area contributed by atoms with Crippen molar-refractivity contribution in [2.45, 2.75) is 32.6 Å². The summed E-state index contributed by atoms with van der Waals surface area (Å²) in [5.41, 5.74) is 2.69. The molecule has 0 radical (unpaired) electrons. The van der Waals surface area contributed by atoms with Crippen LogP contribution in [-0.2, 0) is 5.41 Å². The van der Waals surface area contributed by atoms with Crippen LogP contribution in [0, 0.1) is 0 Å². The molecule has 1 amide bonds. The maximum absolute atomic E-state index is 13.4. The van der Waals surface area contributed by atoms with Gasteiger partial charge < -0.3 is 4.90 Å².